The first-order valence-electron chi connectivity index (χ1n) is 6.40. The van der Waals surface area contributed by atoms with Crippen molar-refractivity contribution < 1.29 is 9.84 Å². The Morgan fingerprint density at radius 3 is 2.32 bits per heavy atom. The minimum absolute atomic E-state index is 0.143. The first kappa shape index (κ1) is 13.6. The Labute approximate surface area is 113 Å². The molecule has 100 valence electrons. The molecule has 1 N–H and O–H groups in total. The first-order chi connectivity index (χ1) is 9.00. The molecule has 0 amide bonds. The Morgan fingerprint density at radius 2 is 1.79 bits per heavy atom. The molecular formula is C16H19NO2. The van der Waals surface area contributed by atoms with Gasteiger partial charge >= 0.3 is 0 Å². The van der Waals surface area contributed by atoms with Crippen LogP contribution in [0.15, 0.2) is 48.8 Å². The van der Waals surface area contributed by atoms with Crippen LogP contribution in [0.5, 0.6) is 5.75 Å². The first-order valence-corrected chi connectivity index (χ1v) is 6.40. The number of benzene rings is 1. The van der Waals surface area contributed by atoms with Gasteiger partial charge in [0, 0.05) is 18.0 Å². The van der Waals surface area contributed by atoms with Crippen LogP contribution in [-0.4, -0.2) is 16.2 Å². The molecule has 0 spiro atoms. The number of pyridine rings is 1. The van der Waals surface area contributed by atoms with Crippen LogP contribution < -0.4 is 4.74 Å². The molecule has 0 aliphatic heterocycles. The summed E-state index contributed by atoms with van der Waals surface area (Å²) >= 11 is 0. The third-order valence-electron chi connectivity index (χ3n) is 3.01. The SMILES string of the molecule is CC(C)Oc1ccc(C(C)(O)c2cccnc2)cc1. The highest BCUT2D eigenvalue weighted by atomic mass is 16.5. The second-order valence-corrected chi connectivity index (χ2v) is 5.00. The molecule has 3 nitrogen and oxygen atoms in total. The number of hydrogen-bond acceptors (Lipinski definition) is 3. The van der Waals surface area contributed by atoms with E-state index in [-0.39, 0.29) is 6.10 Å². The zero-order chi connectivity index (χ0) is 13.9. The van der Waals surface area contributed by atoms with Gasteiger partial charge in [-0.1, -0.05) is 18.2 Å². The van der Waals surface area contributed by atoms with Crippen LogP contribution in [-0.2, 0) is 5.60 Å². The highest BCUT2D eigenvalue weighted by Gasteiger charge is 2.25. The molecule has 0 fully saturated rings. The van der Waals surface area contributed by atoms with Crippen LogP contribution >= 0.6 is 0 Å². The molecule has 0 saturated heterocycles. The second-order valence-electron chi connectivity index (χ2n) is 5.00. The van der Waals surface area contributed by atoms with Crippen molar-refractivity contribution >= 4 is 0 Å². The van der Waals surface area contributed by atoms with Crippen molar-refractivity contribution in [2.45, 2.75) is 32.5 Å². The van der Waals surface area contributed by atoms with E-state index < -0.39 is 5.60 Å². The fourth-order valence-corrected chi connectivity index (χ4v) is 1.95. The van der Waals surface area contributed by atoms with Gasteiger partial charge < -0.3 is 9.84 Å². The molecule has 0 radical (unpaired) electrons. The Balaban J connectivity index is 2.26. The van der Waals surface area contributed by atoms with Crippen molar-refractivity contribution in [3.8, 4) is 5.75 Å². The molecule has 1 aromatic carbocycles. The number of ether oxygens (including phenoxy) is 1. The predicted octanol–water partition coefficient (Wildman–Crippen LogP) is 3.12. The number of nitrogens with zero attached hydrogens (tertiary/aromatic N) is 1. The maximum atomic E-state index is 10.6. The lowest BCUT2D eigenvalue weighted by atomic mass is 9.89. The van der Waals surface area contributed by atoms with Gasteiger partial charge in [0.1, 0.15) is 11.4 Å². The molecule has 1 atom stereocenters. The monoisotopic (exact) mass is 257 g/mol. The summed E-state index contributed by atoms with van der Waals surface area (Å²) in [5.41, 5.74) is 0.536. The van der Waals surface area contributed by atoms with Crippen molar-refractivity contribution in [2.24, 2.45) is 0 Å². The fraction of sp³-hybridized carbons (Fsp3) is 0.312. The van der Waals surface area contributed by atoms with E-state index in [9.17, 15) is 5.11 Å². The third kappa shape index (κ3) is 3.12. The van der Waals surface area contributed by atoms with E-state index in [1.54, 1.807) is 19.3 Å². The van der Waals surface area contributed by atoms with Gasteiger partial charge in [-0.2, -0.15) is 0 Å². The summed E-state index contributed by atoms with van der Waals surface area (Å²) in [7, 11) is 0. The van der Waals surface area contributed by atoms with Crippen molar-refractivity contribution in [1.29, 1.82) is 0 Å². The molecule has 2 rings (SSSR count). The van der Waals surface area contributed by atoms with Gasteiger partial charge in [-0.15, -0.1) is 0 Å². The summed E-state index contributed by atoms with van der Waals surface area (Å²) in [6.07, 6.45) is 3.52. The average molecular weight is 257 g/mol. The molecule has 1 heterocycles. The Morgan fingerprint density at radius 1 is 1.11 bits per heavy atom. The summed E-state index contributed by atoms with van der Waals surface area (Å²) in [5.74, 6) is 0.806. The molecule has 1 aromatic heterocycles. The van der Waals surface area contributed by atoms with Crippen LogP contribution in [0.1, 0.15) is 31.9 Å². The molecule has 1 unspecified atom stereocenters. The maximum Gasteiger partial charge on any atom is 0.119 e. The Kier molecular flexibility index (Phi) is 3.86. The molecule has 0 aliphatic rings. The minimum Gasteiger partial charge on any atom is -0.491 e. The van der Waals surface area contributed by atoms with Crippen molar-refractivity contribution in [3.05, 3.63) is 59.9 Å². The lowest BCUT2D eigenvalue weighted by molar-refractivity contribution is 0.102. The standard InChI is InChI=1S/C16H19NO2/c1-12(2)19-15-8-6-13(7-9-15)16(3,18)14-5-4-10-17-11-14/h4-12,18H,1-3H3. The largest absolute Gasteiger partial charge is 0.491 e. The number of rotatable bonds is 4. The summed E-state index contributed by atoms with van der Waals surface area (Å²) in [5, 5.41) is 10.6. The summed E-state index contributed by atoms with van der Waals surface area (Å²) in [6, 6.07) is 11.2. The highest BCUT2D eigenvalue weighted by molar-refractivity contribution is 5.37. The lowest BCUT2D eigenvalue weighted by Crippen LogP contribution is -2.22. The smallest absolute Gasteiger partial charge is 0.119 e. The molecule has 2 aromatic rings. The van der Waals surface area contributed by atoms with Crippen molar-refractivity contribution in [1.82, 2.24) is 4.98 Å². The fourth-order valence-electron chi connectivity index (χ4n) is 1.95. The van der Waals surface area contributed by atoms with Gasteiger partial charge in [-0.3, -0.25) is 4.98 Å². The second kappa shape index (κ2) is 5.41. The molecule has 0 saturated carbocycles. The quantitative estimate of drug-likeness (QED) is 0.915. The van der Waals surface area contributed by atoms with Crippen LogP contribution in [0.2, 0.25) is 0 Å². The molecular weight excluding hydrogens is 238 g/mol. The summed E-state index contributed by atoms with van der Waals surface area (Å²) < 4.78 is 5.59. The number of aliphatic hydroxyl groups is 1. The van der Waals surface area contributed by atoms with Gasteiger partial charge in [0.15, 0.2) is 0 Å². The molecule has 0 aliphatic carbocycles. The highest BCUT2D eigenvalue weighted by Crippen LogP contribution is 2.29. The van der Waals surface area contributed by atoms with Crippen LogP contribution in [0.25, 0.3) is 0 Å². The molecule has 0 bridgehead atoms. The van der Waals surface area contributed by atoms with Crippen molar-refractivity contribution in [3.63, 3.8) is 0 Å². The van der Waals surface area contributed by atoms with Gasteiger partial charge in [0.25, 0.3) is 0 Å². The number of aromatic nitrogens is 1. The molecule has 3 heteroatoms. The predicted molar refractivity (Wildman–Crippen MR) is 75.1 cm³/mol. The van der Waals surface area contributed by atoms with E-state index in [0.29, 0.717) is 0 Å². The zero-order valence-corrected chi connectivity index (χ0v) is 11.5. The van der Waals surface area contributed by atoms with E-state index in [0.717, 1.165) is 16.9 Å². The van der Waals surface area contributed by atoms with Gasteiger partial charge in [0.05, 0.1) is 6.10 Å². The van der Waals surface area contributed by atoms with Crippen molar-refractivity contribution in [2.75, 3.05) is 0 Å². The Hall–Kier alpha value is -1.87. The maximum absolute atomic E-state index is 10.6. The van der Waals surface area contributed by atoms with E-state index >= 15 is 0 Å². The van der Waals surface area contributed by atoms with Crippen LogP contribution in [0.4, 0.5) is 0 Å². The summed E-state index contributed by atoms with van der Waals surface area (Å²) in [4.78, 5) is 4.05. The third-order valence-corrected chi connectivity index (χ3v) is 3.01. The van der Waals surface area contributed by atoms with Gasteiger partial charge in [-0.25, -0.2) is 0 Å². The van der Waals surface area contributed by atoms with Crippen LogP contribution in [0, 0.1) is 0 Å². The van der Waals surface area contributed by atoms with E-state index in [2.05, 4.69) is 4.98 Å². The van der Waals surface area contributed by atoms with E-state index in [1.165, 1.54) is 0 Å². The normalized spacial score (nSPS) is 14.2. The molecule has 19 heavy (non-hydrogen) atoms. The van der Waals surface area contributed by atoms with E-state index in [4.69, 9.17) is 4.74 Å². The average Bonchev–Trinajstić information content (AvgIpc) is 2.40. The topological polar surface area (TPSA) is 42.4 Å². The zero-order valence-electron chi connectivity index (χ0n) is 11.5. The Bertz CT molecular complexity index is 518. The number of hydrogen-bond donors (Lipinski definition) is 1. The minimum atomic E-state index is -1.05. The summed E-state index contributed by atoms with van der Waals surface area (Å²) in [6.45, 7) is 5.74. The lowest BCUT2D eigenvalue weighted by Gasteiger charge is -2.24. The van der Waals surface area contributed by atoms with E-state index in [1.807, 2.05) is 50.2 Å². The van der Waals surface area contributed by atoms with Crippen LogP contribution in [0.3, 0.4) is 0 Å². The van der Waals surface area contributed by atoms with Gasteiger partial charge in [0.2, 0.25) is 0 Å². The van der Waals surface area contributed by atoms with Gasteiger partial charge in [-0.05, 0) is 44.5 Å².